The van der Waals surface area contributed by atoms with Crippen LogP contribution in [0.15, 0.2) is 30.6 Å². The van der Waals surface area contributed by atoms with Crippen molar-refractivity contribution >= 4 is 11.6 Å². The molecule has 0 aliphatic carbocycles. The lowest BCUT2D eigenvalue weighted by atomic mass is 10.1. The maximum Gasteiger partial charge on any atom is 0.138 e. The van der Waals surface area contributed by atoms with Gasteiger partial charge in [0.25, 0.3) is 0 Å². The van der Waals surface area contributed by atoms with Crippen LogP contribution >= 0.6 is 11.6 Å². The quantitative estimate of drug-likeness (QED) is 0.901. The average Bonchev–Trinajstić information content (AvgIpc) is 2.79. The van der Waals surface area contributed by atoms with Crippen molar-refractivity contribution in [2.45, 2.75) is 32.4 Å². The Morgan fingerprint density at radius 3 is 2.83 bits per heavy atom. The Morgan fingerprint density at radius 2 is 2.11 bits per heavy atom. The van der Waals surface area contributed by atoms with E-state index in [0.29, 0.717) is 17.9 Å². The van der Waals surface area contributed by atoms with Gasteiger partial charge in [-0.3, -0.25) is 4.68 Å². The Balaban J connectivity index is 2.01. The van der Waals surface area contributed by atoms with Crippen molar-refractivity contribution < 1.29 is 5.11 Å². The first-order chi connectivity index (χ1) is 8.70. The summed E-state index contributed by atoms with van der Waals surface area (Å²) in [5.41, 5.74) is 0.953. The first-order valence-corrected chi connectivity index (χ1v) is 6.36. The minimum absolute atomic E-state index is 0.485. The van der Waals surface area contributed by atoms with Gasteiger partial charge in [0.2, 0.25) is 0 Å². The minimum atomic E-state index is -0.501. The SMILES string of the molecule is CCn1ncnc1CC(O)Cc1ccccc1Cl. The molecule has 1 heterocycles. The van der Waals surface area contributed by atoms with E-state index in [-0.39, 0.29) is 0 Å². The largest absolute Gasteiger partial charge is 0.392 e. The van der Waals surface area contributed by atoms with Crippen molar-refractivity contribution in [2.75, 3.05) is 0 Å². The van der Waals surface area contributed by atoms with Crippen LogP contribution in [0.5, 0.6) is 0 Å². The number of aliphatic hydroxyl groups excluding tert-OH is 1. The Morgan fingerprint density at radius 1 is 1.33 bits per heavy atom. The molecule has 0 saturated heterocycles. The number of aromatic nitrogens is 3. The van der Waals surface area contributed by atoms with Crippen molar-refractivity contribution in [1.82, 2.24) is 14.8 Å². The molecule has 1 N–H and O–H groups in total. The van der Waals surface area contributed by atoms with Crippen molar-refractivity contribution in [3.8, 4) is 0 Å². The maximum atomic E-state index is 10.1. The molecule has 0 saturated carbocycles. The summed E-state index contributed by atoms with van der Waals surface area (Å²) in [6, 6.07) is 7.56. The van der Waals surface area contributed by atoms with Crippen molar-refractivity contribution in [2.24, 2.45) is 0 Å². The van der Waals surface area contributed by atoms with Crippen molar-refractivity contribution in [3.05, 3.63) is 47.0 Å². The van der Waals surface area contributed by atoms with E-state index in [9.17, 15) is 5.11 Å². The smallest absolute Gasteiger partial charge is 0.138 e. The summed E-state index contributed by atoms with van der Waals surface area (Å²) >= 11 is 6.06. The molecule has 2 aromatic rings. The highest BCUT2D eigenvalue weighted by atomic mass is 35.5. The van der Waals surface area contributed by atoms with Crippen LogP contribution in [-0.4, -0.2) is 26.0 Å². The second kappa shape index (κ2) is 5.98. The fourth-order valence-electron chi connectivity index (χ4n) is 1.91. The molecule has 0 aliphatic rings. The summed E-state index contributed by atoms with van der Waals surface area (Å²) in [5, 5.41) is 14.8. The summed E-state index contributed by atoms with van der Waals surface area (Å²) in [6.45, 7) is 2.76. The lowest BCUT2D eigenvalue weighted by molar-refractivity contribution is 0.171. The lowest BCUT2D eigenvalue weighted by Crippen LogP contribution is -2.17. The third kappa shape index (κ3) is 3.09. The van der Waals surface area contributed by atoms with Crippen LogP contribution in [0.25, 0.3) is 0 Å². The molecular formula is C13H16ClN3O. The lowest BCUT2D eigenvalue weighted by Gasteiger charge is -2.11. The zero-order chi connectivity index (χ0) is 13.0. The monoisotopic (exact) mass is 265 g/mol. The van der Waals surface area contributed by atoms with Gasteiger partial charge >= 0.3 is 0 Å². The predicted molar refractivity (Wildman–Crippen MR) is 70.6 cm³/mol. The molecule has 1 atom stereocenters. The average molecular weight is 266 g/mol. The van der Waals surface area contributed by atoms with E-state index in [4.69, 9.17) is 11.6 Å². The number of rotatable bonds is 5. The third-order valence-corrected chi connectivity index (χ3v) is 3.20. The van der Waals surface area contributed by atoms with Gasteiger partial charge < -0.3 is 5.11 Å². The van der Waals surface area contributed by atoms with Gasteiger partial charge in [0.05, 0.1) is 6.10 Å². The van der Waals surface area contributed by atoms with Gasteiger partial charge in [-0.2, -0.15) is 5.10 Å². The molecule has 0 spiro atoms. The van der Waals surface area contributed by atoms with Gasteiger partial charge in [0, 0.05) is 24.4 Å². The molecule has 4 nitrogen and oxygen atoms in total. The number of nitrogens with zero attached hydrogens (tertiary/aromatic N) is 3. The molecule has 5 heteroatoms. The maximum absolute atomic E-state index is 10.1. The molecule has 0 aliphatic heterocycles. The van der Waals surface area contributed by atoms with Crippen LogP contribution in [0.1, 0.15) is 18.3 Å². The zero-order valence-corrected chi connectivity index (χ0v) is 11.0. The van der Waals surface area contributed by atoms with Crippen LogP contribution in [0.2, 0.25) is 5.02 Å². The zero-order valence-electron chi connectivity index (χ0n) is 10.3. The van der Waals surface area contributed by atoms with Gasteiger partial charge in [0.1, 0.15) is 12.2 Å². The second-order valence-corrected chi connectivity index (χ2v) is 4.55. The summed E-state index contributed by atoms with van der Waals surface area (Å²) < 4.78 is 1.79. The van der Waals surface area contributed by atoms with E-state index in [1.54, 1.807) is 4.68 Å². The molecule has 1 unspecified atom stereocenters. The molecule has 1 aromatic carbocycles. The fraction of sp³-hybridized carbons (Fsp3) is 0.385. The van der Waals surface area contributed by atoms with Crippen LogP contribution in [0.3, 0.4) is 0 Å². The summed E-state index contributed by atoms with van der Waals surface area (Å²) in [5.74, 6) is 0.803. The third-order valence-electron chi connectivity index (χ3n) is 2.83. The van der Waals surface area contributed by atoms with Gasteiger partial charge in [-0.25, -0.2) is 4.98 Å². The molecular weight excluding hydrogens is 250 g/mol. The van der Waals surface area contributed by atoms with E-state index in [1.807, 2.05) is 31.2 Å². The Labute approximate surface area is 111 Å². The summed E-state index contributed by atoms with van der Waals surface area (Å²) in [7, 11) is 0. The van der Waals surface area contributed by atoms with E-state index in [1.165, 1.54) is 6.33 Å². The van der Waals surface area contributed by atoms with E-state index >= 15 is 0 Å². The molecule has 2 rings (SSSR count). The topological polar surface area (TPSA) is 50.9 Å². The number of hydrogen-bond donors (Lipinski definition) is 1. The number of aryl methyl sites for hydroxylation is 1. The number of hydrogen-bond acceptors (Lipinski definition) is 3. The molecule has 18 heavy (non-hydrogen) atoms. The molecule has 96 valence electrons. The Hall–Kier alpha value is -1.39. The normalized spacial score (nSPS) is 12.6. The Bertz CT molecular complexity index is 512. The second-order valence-electron chi connectivity index (χ2n) is 4.15. The molecule has 0 fully saturated rings. The van der Waals surface area contributed by atoms with Gasteiger partial charge in [-0.05, 0) is 18.6 Å². The highest BCUT2D eigenvalue weighted by Crippen LogP contribution is 2.17. The van der Waals surface area contributed by atoms with Crippen molar-refractivity contribution in [1.29, 1.82) is 0 Å². The van der Waals surface area contributed by atoms with Crippen LogP contribution in [-0.2, 0) is 19.4 Å². The molecule has 0 amide bonds. The number of aliphatic hydroxyl groups is 1. The van der Waals surface area contributed by atoms with Gasteiger partial charge in [0.15, 0.2) is 0 Å². The predicted octanol–water partition coefficient (Wildman–Crippen LogP) is 2.10. The Kier molecular flexibility index (Phi) is 4.33. The molecule has 0 bridgehead atoms. The van der Waals surface area contributed by atoms with E-state index in [2.05, 4.69) is 10.1 Å². The first kappa shape index (κ1) is 13.1. The van der Waals surface area contributed by atoms with Crippen LogP contribution < -0.4 is 0 Å². The van der Waals surface area contributed by atoms with Gasteiger partial charge in [-0.1, -0.05) is 29.8 Å². The van der Waals surface area contributed by atoms with Crippen LogP contribution in [0.4, 0.5) is 0 Å². The minimum Gasteiger partial charge on any atom is -0.392 e. The summed E-state index contributed by atoms with van der Waals surface area (Å²) in [6.07, 6.45) is 2.02. The highest BCUT2D eigenvalue weighted by Gasteiger charge is 2.12. The number of benzene rings is 1. The van der Waals surface area contributed by atoms with E-state index in [0.717, 1.165) is 17.9 Å². The molecule has 0 radical (unpaired) electrons. The fourth-order valence-corrected chi connectivity index (χ4v) is 2.12. The highest BCUT2D eigenvalue weighted by molar-refractivity contribution is 6.31. The van der Waals surface area contributed by atoms with Gasteiger partial charge in [-0.15, -0.1) is 0 Å². The molecule has 1 aromatic heterocycles. The number of halogens is 1. The first-order valence-electron chi connectivity index (χ1n) is 5.99. The summed E-state index contributed by atoms with van der Waals surface area (Å²) in [4.78, 5) is 4.15. The standard InChI is InChI=1S/C13H16ClN3O/c1-2-17-13(15-9-16-17)8-11(18)7-10-5-3-4-6-12(10)14/h3-6,9,11,18H,2,7-8H2,1H3. The van der Waals surface area contributed by atoms with Crippen molar-refractivity contribution in [3.63, 3.8) is 0 Å². The van der Waals surface area contributed by atoms with Crippen LogP contribution in [0, 0.1) is 0 Å². The van der Waals surface area contributed by atoms with E-state index < -0.39 is 6.10 Å².